The highest BCUT2D eigenvalue weighted by atomic mass is 35.5. The minimum Gasteiger partial charge on any atom is -0.399 e. The molecule has 1 N–H and O–H groups in total. The Morgan fingerprint density at radius 3 is 1.77 bits per heavy atom. The number of hydrogen-bond donors (Lipinski definition) is 1. The summed E-state index contributed by atoms with van der Waals surface area (Å²) in [4.78, 5) is 0. The standard InChI is InChI=1S/C18H13Cl3NO3P/c19-13-6-5-7-14(12-13)22-26(23,24-17-10-3-1-8-15(17)20)25-18-11-4-2-9-16(18)21/h1-12H,(H,22,23). The molecule has 0 aliphatic heterocycles. The first kappa shape index (κ1) is 18.9. The summed E-state index contributed by atoms with van der Waals surface area (Å²) in [5, 5.41) is 3.82. The quantitative estimate of drug-likeness (QED) is 0.418. The van der Waals surface area contributed by atoms with Crippen molar-refractivity contribution in [2.75, 3.05) is 5.09 Å². The summed E-state index contributed by atoms with van der Waals surface area (Å²) in [6.07, 6.45) is 0. The van der Waals surface area contributed by atoms with Crippen LogP contribution in [0.15, 0.2) is 72.8 Å². The van der Waals surface area contributed by atoms with E-state index in [9.17, 15) is 4.57 Å². The normalized spacial score (nSPS) is 11.0. The van der Waals surface area contributed by atoms with Crippen molar-refractivity contribution in [3.63, 3.8) is 0 Å². The van der Waals surface area contributed by atoms with E-state index in [0.29, 0.717) is 20.8 Å². The van der Waals surface area contributed by atoms with E-state index in [2.05, 4.69) is 5.09 Å². The molecule has 0 aromatic heterocycles. The molecule has 0 saturated heterocycles. The van der Waals surface area contributed by atoms with Crippen molar-refractivity contribution in [3.05, 3.63) is 87.9 Å². The molecule has 0 fully saturated rings. The molecule has 0 spiro atoms. The largest absolute Gasteiger partial charge is 0.541 e. The topological polar surface area (TPSA) is 47.6 Å². The van der Waals surface area contributed by atoms with Crippen LogP contribution in [0, 0.1) is 0 Å². The average Bonchev–Trinajstić information content (AvgIpc) is 2.59. The second-order valence-electron chi connectivity index (χ2n) is 5.16. The molecule has 26 heavy (non-hydrogen) atoms. The van der Waals surface area contributed by atoms with Crippen LogP contribution >= 0.6 is 42.5 Å². The van der Waals surface area contributed by atoms with Crippen LogP contribution in [0.5, 0.6) is 11.5 Å². The number of halogens is 3. The van der Waals surface area contributed by atoms with Crippen molar-refractivity contribution in [2.45, 2.75) is 0 Å². The Balaban J connectivity index is 1.96. The van der Waals surface area contributed by atoms with E-state index in [0.717, 1.165) is 0 Å². The van der Waals surface area contributed by atoms with Gasteiger partial charge in [0.05, 0.1) is 10.0 Å². The first-order valence-corrected chi connectivity index (χ1v) is 10.1. The first-order chi connectivity index (χ1) is 12.5. The zero-order valence-corrected chi connectivity index (χ0v) is 16.4. The van der Waals surface area contributed by atoms with Crippen molar-refractivity contribution in [1.82, 2.24) is 0 Å². The molecule has 3 aromatic carbocycles. The van der Waals surface area contributed by atoms with Crippen LogP contribution in [-0.4, -0.2) is 0 Å². The van der Waals surface area contributed by atoms with Crippen molar-refractivity contribution in [1.29, 1.82) is 0 Å². The van der Waals surface area contributed by atoms with Crippen molar-refractivity contribution >= 4 is 48.2 Å². The van der Waals surface area contributed by atoms with Crippen LogP contribution in [0.25, 0.3) is 0 Å². The highest BCUT2D eigenvalue weighted by Crippen LogP contribution is 2.51. The maximum absolute atomic E-state index is 13.4. The molecule has 134 valence electrons. The highest BCUT2D eigenvalue weighted by molar-refractivity contribution is 7.56. The molecule has 0 atom stereocenters. The summed E-state index contributed by atoms with van der Waals surface area (Å²) in [5.74, 6) is 0.415. The molecular formula is C18H13Cl3NO3P. The lowest BCUT2D eigenvalue weighted by molar-refractivity contribution is 0.393. The third-order valence-corrected chi connectivity index (χ3v) is 5.47. The molecule has 0 amide bonds. The van der Waals surface area contributed by atoms with Gasteiger partial charge in [-0.15, -0.1) is 0 Å². The number of anilines is 1. The minimum atomic E-state index is -3.94. The van der Waals surface area contributed by atoms with E-state index >= 15 is 0 Å². The van der Waals surface area contributed by atoms with E-state index in [1.165, 1.54) is 0 Å². The van der Waals surface area contributed by atoms with Crippen LogP contribution < -0.4 is 14.1 Å². The molecule has 8 heteroatoms. The molecule has 4 nitrogen and oxygen atoms in total. The monoisotopic (exact) mass is 427 g/mol. The molecule has 3 aromatic rings. The average molecular weight is 429 g/mol. The van der Waals surface area contributed by atoms with Gasteiger partial charge >= 0.3 is 7.75 Å². The summed E-state index contributed by atoms with van der Waals surface area (Å²) < 4.78 is 24.7. The Bertz CT molecular complexity index is 916. The molecule has 3 rings (SSSR count). The predicted octanol–water partition coefficient (Wildman–Crippen LogP) is 7.32. The zero-order valence-electron chi connectivity index (χ0n) is 13.2. The van der Waals surface area contributed by atoms with Gasteiger partial charge in [0.1, 0.15) is 0 Å². The Hall–Kier alpha value is -1.84. The Morgan fingerprint density at radius 1 is 0.731 bits per heavy atom. The van der Waals surface area contributed by atoms with Gasteiger partial charge < -0.3 is 9.05 Å². The van der Waals surface area contributed by atoms with Crippen LogP contribution in [0.2, 0.25) is 15.1 Å². The molecule has 0 heterocycles. The van der Waals surface area contributed by atoms with Crippen LogP contribution in [-0.2, 0) is 4.57 Å². The predicted molar refractivity (Wildman–Crippen MR) is 107 cm³/mol. The van der Waals surface area contributed by atoms with Gasteiger partial charge in [0.25, 0.3) is 0 Å². The van der Waals surface area contributed by atoms with Gasteiger partial charge in [-0.1, -0.05) is 65.1 Å². The van der Waals surface area contributed by atoms with Crippen LogP contribution in [0.3, 0.4) is 0 Å². The van der Waals surface area contributed by atoms with Crippen molar-refractivity contribution in [3.8, 4) is 11.5 Å². The third kappa shape index (κ3) is 4.87. The Kier molecular flexibility index (Phi) is 6.00. The van der Waals surface area contributed by atoms with E-state index in [-0.39, 0.29) is 11.5 Å². The fraction of sp³-hybridized carbons (Fsp3) is 0. The number of hydrogen-bond acceptors (Lipinski definition) is 3. The lowest BCUT2D eigenvalue weighted by atomic mass is 10.3. The number of para-hydroxylation sites is 2. The molecule has 0 aliphatic carbocycles. The molecular weight excluding hydrogens is 416 g/mol. The molecule has 0 unspecified atom stereocenters. The van der Waals surface area contributed by atoms with Gasteiger partial charge in [-0.05, 0) is 42.5 Å². The minimum absolute atomic E-state index is 0.207. The third-order valence-electron chi connectivity index (χ3n) is 3.20. The maximum atomic E-state index is 13.4. The van der Waals surface area contributed by atoms with Gasteiger partial charge in [-0.2, -0.15) is 0 Å². The van der Waals surface area contributed by atoms with Gasteiger partial charge in [0, 0.05) is 10.7 Å². The van der Waals surface area contributed by atoms with Crippen LogP contribution in [0.1, 0.15) is 0 Å². The number of rotatable bonds is 6. The van der Waals surface area contributed by atoms with E-state index in [4.69, 9.17) is 43.9 Å². The van der Waals surface area contributed by atoms with E-state index in [1.54, 1.807) is 72.8 Å². The lowest BCUT2D eigenvalue weighted by Gasteiger charge is -2.22. The Morgan fingerprint density at radius 2 is 1.27 bits per heavy atom. The zero-order chi connectivity index (χ0) is 18.6. The second-order valence-corrected chi connectivity index (χ2v) is 8.00. The smallest absolute Gasteiger partial charge is 0.399 e. The molecule has 0 radical (unpaired) electrons. The summed E-state index contributed by atoms with van der Waals surface area (Å²) in [6.45, 7) is 0. The van der Waals surface area contributed by atoms with E-state index < -0.39 is 7.75 Å². The van der Waals surface area contributed by atoms with Gasteiger partial charge in [-0.25, -0.2) is 4.57 Å². The van der Waals surface area contributed by atoms with Gasteiger partial charge in [0.2, 0.25) is 0 Å². The van der Waals surface area contributed by atoms with Crippen LogP contribution in [0.4, 0.5) is 5.69 Å². The van der Waals surface area contributed by atoms with Gasteiger partial charge in [0.15, 0.2) is 11.5 Å². The van der Waals surface area contributed by atoms with Crippen molar-refractivity contribution in [2.24, 2.45) is 0 Å². The molecule has 0 bridgehead atoms. The summed E-state index contributed by atoms with van der Waals surface area (Å²) in [7, 11) is -3.94. The number of nitrogens with one attached hydrogen (secondary N) is 1. The summed E-state index contributed by atoms with van der Waals surface area (Å²) in [5.41, 5.74) is 0.458. The number of benzene rings is 3. The molecule has 0 aliphatic rings. The fourth-order valence-corrected chi connectivity index (χ4v) is 4.14. The molecule has 0 saturated carbocycles. The van der Waals surface area contributed by atoms with E-state index in [1.807, 2.05) is 0 Å². The first-order valence-electron chi connectivity index (χ1n) is 7.47. The van der Waals surface area contributed by atoms with Crippen molar-refractivity contribution < 1.29 is 13.6 Å². The second kappa shape index (κ2) is 8.24. The summed E-state index contributed by atoms with van der Waals surface area (Å²) in [6, 6.07) is 20.0. The van der Waals surface area contributed by atoms with Gasteiger partial charge in [-0.3, -0.25) is 5.09 Å². The maximum Gasteiger partial charge on any atom is 0.541 e. The summed E-state index contributed by atoms with van der Waals surface area (Å²) >= 11 is 18.2. The Labute approximate surface area is 166 Å². The lowest BCUT2D eigenvalue weighted by Crippen LogP contribution is -2.10. The fourth-order valence-electron chi connectivity index (χ4n) is 2.08. The highest BCUT2D eigenvalue weighted by Gasteiger charge is 2.30. The SMILES string of the molecule is O=P(Nc1cccc(Cl)c1)(Oc1ccccc1Cl)Oc1ccccc1Cl.